The summed E-state index contributed by atoms with van der Waals surface area (Å²) in [5.41, 5.74) is 2.61. The Morgan fingerprint density at radius 2 is 1.55 bits per heavy atom. The standard InChI is InChI=1S/C23H24N4O4/c1-15-8-9-16-17(14-15)22(30)27(21(16)29)13-10-20(28)24-18-6-2-3-7-19(18)25-23(31)26-11-4-5-12-26/h2-3,6-9,14H,4-5,10-13H2,1H3,(H,24,28)(H,25,31). The van der Waals surface area contributed by atoms with Gasteiger partial charge in [-0.05, 0) is 44.0 Å². The lowest BCUT2D eigenvalue weighted by molar-refractivity contribution is -0.116. The first kappa shape index (κ1) is 20.6. The Labute approximate surface area is 180 Å². The topological polar surface area (TPSA) is 98.8 Å². The van der Waals surface area contributed by atoms with Crippen molar-refractivity contribution in [2.24, 2.45) is 0 Å². The van der Waals surface area contributed by atoms with Crippen molar-refractivity contribution in [3.63, 3.8) is 0 Å². The smallest absolute Gasteiger partial charge is 0.321 e. The van der Waals surface area contributed by atoms with Crippen LogP contribution in [-0.4, -0.2) is 53.2 Å². The first-order chi connectivity index (χ1) is 14.9. The molecule has 0 atom stereocenters. The summed E-state index contributed by atoms with van der Waals surface area (Å²) in [4.78, 5) is 52.8. The molecule has 8 nitrogen and oxygen atoms in total. The van der Waals surface area contributed by atoms with Crippen molar-refractivity contribution in [1.29, 1.82) is 0 Å². The fourth-order valence-corrected chi connectivity index (χ4v) is 3.85. The summed E-state index contributed by atoms with van der Waals surface area (Å²) in [7, 11) is 0. The number of anilines is 2. The van der Waals surface area contributed by atoms with E-state index in [1.165, 1.54) is 0 Å². The monoisotopic (exact) mass is 420 g/mol. The van der Waals surface area contributed by atoms with Crippen LogP contribution < -0.4 is 10.6 Å². The minimum atomic E-state index is -0.383. The second kappa shape index (κ2) is 8.59. The molecule has 2 aromatic carbocycles. The molecule has 2 heterocycles. The molecule has 0 unspecified atom stereocenters. The number of nitrogens with zero attached hydrogens (tertiary/aromatic N) is 2. The average molecular weight is 420 g/mol. The van der Waals surface area contributed by atoms with E-state index >= 15 is 0 Å². The van der Waals surface area contributed by atoms with Crippen LogP contribution in [0.3, 0.4) is 0 Å². The third-order valence-corrected chi connectivity index (χ3v) is 5.52. The summed E-state index contributed by atoms with van der Waals surface area (Å²) < 4.78 is 0. The molecule has 8 heteroatoms. The van der Waals surface area contributed by atoms with E-state index in [2.05, 4.69) is 10.6 Å². The fourth-order valence-electron chi connectivity index (χ4n) is 3.85. The van der Waals surface area contributed by atoms with Gasteiger partial charge in [0.25, 0.3) is 11.8 Å². The summed E-state index contributed by atoms with van der Waals surface area (Å²) in [6.07, 6.45) is 1.94. The predicted molar refractivity (Wildman–Crippen MR) is 116 cm³/mol. The molecule has 31 heavy (non-hydrogen) atoms. The Morgan fingerprint density at radius 3 is 2.26 bits per heavy atom. The van der Waals surface area contributed by atoms with E-state index < -0.39 is 0 Å². The molecular weight excluding hydrogens is 396 g/mol. The number of hydrogen-bond acceptors (Lipinski definition) is 4. The molecule has 2 aromatic rings. The van der Waals surface area contributed by atoms with Gasteiger partial charge in [0.15, 0.2) is 0 Å². The highest BCUT2D eigenvalue weighted by atomic mass is 16.2. The number of urea groups is 1. The molecule has 0 spiro atoms. The molecule has 0 aromatic heterocycles. The zero-order valence-electron chi connectivity index (χ0n) is 17.3. The number of rotatable bonds is 5. The number of amides is 5. The molecule has 2 aliphatic rings. The number of nitrogens with one attached hydrogen (secondary N) is 2. The van der Waals surface area contributed by atoms with E-state index in [1.807, 2.05) is 6.92 Å². The third kappa shape index (κ3) is 4.28. The third-order valence-electron chi connectivity index (χ3n) is 5.52. The van der Waals surface area contributed by atoms with Gasteiger partial charge in [-0.15, -0.1) is 0 Å². The van der Waals surface area contributed by atoms with Crippen molar-refractivity contribution in [3.8, 4) is 0 Å². The van der Waals surface area contributed by atoms with Gasteiger partial charge in [0, 0.05) is 26.1 Å². The maximum atomic E-state index is 12.6. The summed E-state index contributed by atoms with van der Waals surface area (Å²) in [5, 5.41) is 5.61. The van der Waals surface area contributed by atoms with Gasteiger partial charge >= 0.3 is 6.03 Å². The van der Waals surface area contributed by atoms with Crippen molar-refractivity contribution in [1.82, 2.24) is 9.80 Å². The zero-order chi connectivity index (χ0) is 22.0. The van der Waals surface area contributed by atoms with Gasteiger partial charge in [-0.3, -0.25) is 19.3 Å². The maximum absolute atomic E-state index is 12.6. The molecule has 0 saturated carbocycles. The van der Waals surface area contributed by atoms with Crippen molar-refractivity contribution in [3.05, 3.63) is 59.2 Å². The number of benzene rings is 2. The molecule has 1 fully saturated rings. The van der Waals surface area contributed by atoms with Crippen LogP contribution >= 0.6 is 0 Å². The molecule has 0 bridgehead atoms. The molecule has 4 rings (SSSR count). The van der Waals surface area contributed by atoms with E-state index in [4.69, 9.17) is 0 Å². The van der Waals surface area contributed by atoms with Crippen molar-refractivity contribution < 1.29 is 19.2 Å². The van der Waals surface area contributed by atoms with E-state index in [0.29, 0.717) is 22.5 Å². The highest BCUT2D eigenvalue weighted by molar-refractivity contribution is 6.21. The average Bonchev–Trinajstić information content (AvgIpc) is 3.36. The van der Waals surface area contributed by atoms with Crippen molar-refractivity contribution >= 4 is 35.1 Å². The lowest BCUT2D eigenvalue weighted by atomic mass is 10.1. The minimum Gasteiger partial charge on any atom is -0.325 e. The van der Waals surface area contributed by atoms with Gasteiger partial charge < -0.3 is 15.5 Å². The maximum Gasteiger partial charge on any atom is 0.321 e. The Balaban J connectivity index is 1.37. The van der Waals surface area contributed by atoms with Crippen LogP contribution in [-0.2, 0) is 4.79 Å². The van der Waals surface area contributed by atoms with Crippen LogP contribution in [0.2, 0.25) is 0 Å². The summed E-state index contributed by atoms with van der Waals surface area (Å²) >= 11 is 0. The largest absolute Gasteiger partial charge is 0.325 e. The number of imide groups is 1. The van der Waals surface area contributed by atoms with Crippen molar-refractivity contribution in [2.45, 2.75) is 26.2 Å². The normalized spacial score (nSPS) is 15.3. The van der Waals surface area contributed by atoms with Gasteiger partial charge in [-0.1, -0.05) is 23.8 Å². The SMILES string of the molecule is Cc1ccc2c(c1)C(=O)N(CCC(=O)Nc1ccccc1NC(=O)N1CCCC1)C2=O. The Bertz CT molecular complexity index is 1060. The number of hydrogen-bond donors (Lipinski definition) is 2. The number of likely N-dealkylation sites (tertiary alicyclic amines) is 1. The van der Waals surface area contributed by atoms with Crippen LogP contribution in [0.1, 0.15) is 45.5 Å². The van der Waals surface area contributed by atoms with Gasteiger partial charge in [0.05, 0.1) is 22.5 Å². The lowest BCUT2D eigenvalue weighted by Gasteiger charge is -2.18. The summed E-state index contributed by atoms with van der Waals surface area (Å²) in [6.45, 7) is 3.29. The highest BCUT2D eigenvalue weighted by Gasteiger charge is 2.35. The molecule has 1 saturated heterocycles. The Kier molecular flexibility index (Phi) is 5.70. The second-order valence-corrected chi connectivity index (χ2v) is 7.78. The Morgan fingerprint density at radius 1 is 0.903 bits per heavy atom. The number of fused-ring (bicyclic) bond motifs is 1. The zero-order valence-corrected chi connectivity index (χ0v) is 17.3. The van der Waals surface area contributed by atoms with E-state index in [-0.39, 0.29) is 36.7 Å². The first-order valence-electron chi connectivity index (χ1n) is 10.4. The van der Waals surface area contributed by atoms with Crippen molar-refractivity contribution in [2.75, 3.05) is 30.3 Å². The van der Waals surface area contributed by atoms with Crippen LogP contribution in [0.25, 0.3) is 0 Å². The van der Waals surface area contributed by atoms with Gasteiger partial charge in [-0.2, -0.15) is 0 Å². The number of carbonyl (C=O) groups is 4. The molecule has 2 N–H and O–H groups in total. The molecule has 0 aliphatic carbocycles. The van der Waals surface area contributed by atoms with Gasteiger partial charge in [0.1, 0.15) is 0 Å². The minimum absolute atomic E-state index is 0.0144. The van der Waals surface area contributed by atoms with Crippen LogP contribution in [0.5, 0.6) is 0 Å². The molecule has 5 amide bonds. The predicted octanol–water partition coefficient (Wildman–Crippen LogP) is 3.25. The summed E-state index contributed by atoms with van der Waals surface area (Å²) in [5.74, 6) is -1.11. The quantitative estimate of drug-likeness (QED) is 0.726. The van der Waals surface area contributed by atoms with Crippen LogP contribution in [0.4, 0.5) is 16.2 Å². The number of carbonyl (C=O) groups excluding carboxylic acids is 4. The molecular formula is C23H24N4O4. The fraction of sp³-hybridized carbons (Fsp3) is 0.304. The van der Waals surface area contributed by atoms with E-state index in [0.717, 1.165) is 36.4 Å². The highest BCUT2D eigenvalue weighted by Crippen LogP contribution is 2.25. The van der Waals surface area contributed by atoms with Crippen LogP contribution in [0.15, 0.2) is 42.5 Å². The molecule has 0 radical (unpaired) electrons. The van der Waals surface area contributed by atoms with E-state index in [9.17, 15) is 19.2 Å². The van der Waals surface area contributed by atoms with Crippen LogP contribution in [0, 0.1) is 6.92 Å². The number of para-hydroxylation sites is 2. The molecule has 2 aliphatic heterocycles. The lowest BCUT2D eigenvalue weighted by Crippen LogP contribution is -2.33. The molecule has 160 valence electrons. The second-order valence-electron chi connectivity index (χ2n) is 7.78. The Hall–Kier alpha value is -3.68. The van der Waals surface area contributed by atoms with Gasteiger partial charge in [0.2, 0.25) is 5.91 Å². The summed E-state index contributed by atoms with van der Waals surface area (Å²) in [6, 6.07) is 11.9. The van der Waals surface area contributed by atoms with Gasteiger partial charge in [-0.25, -0.2) is 4.79 Å². The van der Waals surface area contributed by atoms with E-state index in [1.54, 1.807) is 47.4 Å². The number of aryl methyl sites for hydroxylation is 1. The first-order valence-corrected chi connectivity index (χ1v) is 10.4.